The van der Waals surface area contributed by atoms with Gasteiger partial charge in [0.25, 0.3) is 0 Å². The minimum atomic E-state index is -0.0498. The van der Waals surface area contributed by atoms with E-state index in [-0.39, 0.29) is 5.78 Å². The van der Waals surface area contributed by atoms with Crippen LogP contribution in [0.3, 0.4) is 0 Å². The molecule has 2 aromatic rings. The first kappa shape index (κ1) is 11.5. The molecule has 17 heavy (non-hydrogen) atoms. The standard InChI is InChI=1S/C13H15N3O/c1-3-9-16-13(11-7-5-4-6-8-11)12(10(2)17)14-15-16/h4-8H,3,9H2,1-2H3. The van der Waals surface area contributed by atoms with Crippen molar-refractivity contribution < 1.29 is 4.79 Å². The molecule has 0 fully saturated rings. The van der Waals surface area contributed by atoms with Gasteiger partial charge in [-0.05, 0) is 6.42 Å². The Morgan fingerprint density at radius 3 is 2.59 bits per heavy atom. The summed E-state index contributed by atoms with van der Waals surface area (Å²) in [6, 6.07) is 9.78. The number of hydrogen-bond donors (Lipinski definition) is 0. The van der Waals surface area contributed by atoms with Crippen molar-refractivity contribution in [2.24, 2.45) is 0 Å². The van der Waals surface area contributed by atoms with Gasteiger partial charge in [-0.25, -0.2) is 4.68 Å². The molecule has 0 saturated carbocycles. The number of hydrogen-bond acceptors (Lipinski definition) is 3. The van der Waals surface area contributed by atoms with Crippen LogP contribution >= 0.6 is 0 Å². The lowest BCUT2D eigenvalue weighted by Crippen LogP contribution is -2.03. The predicted octanol–water partition coefficient (Wildman–Crippen LogP) is 2.56. The Hall–Kier alpha value is -1.97. The van der Waals surface area contributed by atoms with Crippen molar-refractivity contribution in [2.45, 2.75) is 26.8 Å². The van der Waals surface area contributed by atoms with Gasteiger partial charge in [0, 0.05) is 19.0 Å². The summed E-state index contributed by atoms with van der Waals surface area (Å²) in [6.45, 7) is 4.36. The maximum Gasteiger partial charge on any atom is 0.182 e. The summed E-state index contributed by atoms with van der Waals surface area (Å²) in [5, 5.41) is 8.02. The van der Waals surface area contributed by atoms with E-state index in [4.69, 9.17) is 0 Å². The Kier molecular flexibility index (Phi) is 3.32. The van der Waals surface area contributed by atoms with Crippen molar-refractivity contribution in [1.29, 1.82) is 0 Å². The van der Waals surface area contributed by atoms with Crippen LogP contribution in [0.5, 0.6) is 0 Å². The normalized spacial score (nSPS) is 10.5. The molecule has 0 saturated heterocycles. The van der Waals surface area contributed by atoms with Gasteiger partial charge in [-0.3, -0.25) is 4.79 Å². The minimum absolute atomic E-state index is 0.0498. The van der Waals surface area contributed by atoms with Gasteiger partial charge in [-0.15, -0.1) is 5.10 Å². The molecular weight excluding hydrogens is 214 g/mol. The first-order chi connectivity index (χ1) is 8.24. The van der Waals surface area contributed by atoms with E-state index in [1.807, 2.05) is 30.3 Å². The number of benzene rings is 1. The van der Waals surface area contributed by atoms with Crippen molar-refractivity contribution in [3.8, 4) is 11.3 Å². The van der Waals surface area contributed by atoms with Crippen molar-refractivity contribution >= 4 is 5.78 Å². The predicted molar refractivity (Wildman–Crippen MR) is 65.8 cm³/mol. The molecule has 4 heteroatoms. The highest BCUT2D eigenvalue weighted by Crippen LogP contribution is 2.22. The van der Waals surface area contributed by atoms with E-state index < -0.39 is 0 Å². The fourth-order valence-electron chi connectivity index (χ4n) is 1.80. The SMILES string of the molecule is CCCn1nnc(C(C)=O)c1-c1ccccc1. The van der Waals surface area contributed by atoms with Crippen LogP contribution in [0.15, 0.2) is 30.3 Å². The van der Waals surface area contributed by atoms with Gasteiger partial charge in [0.1, 0.15) is 0 Å². The number of carbonyl (C=O) groups is 1. The highest BCUT2D eigenvalue weighted by molar-refractivity contribution is 5.97. The van der Waals surface area contributed by atoms with Gasteiger partial charge in [-0.2, -0.15) is 0 Å². The Balaban J connectivity index is 2.56. The molecule has 0 unspecified atom stereocenters. The summed E-state index contributed by atoms with van der Waals surface area (Å²) in [5.41, 5.74) is 2.25. The van der Waals surface area contributed by atoms with Gasteiger partial charge in [0.05, 0.1) is 5.69 Å². The van der Waals surface area contributed by atoms with E-state index in [0.717, 1.165) is 24.2 Å². The quantitative estimate of drug-likeness (QED) is 0.757. The Morgan fingerprint density at radius 2 is 2.00 bits per heavy atom. The van der Waals surface area contributed by atoms with Crippen LogP contribution in [-0.4, -0.2) is 20.8 Å². The smallest absolute Gasteiger partial charge is 0.182 e. The van der Waals surface area contributed by atoms with Crippen molar-refractivity contribution in [3.05, 3.63) is 36.0 Å². The lowest BCUT2D eigenvalue weighted by atomic mass is 10.1. The second-order valence-electron chi connectivity index (χ2n) is 3.93. The van der Waals surface area contributed by atoms with E-state index in [1.165, 1.54) is 6.92 Å². The number of carbonyl (C=O) groups excluding carboxylic acids is 1. The number of rotatable bonds is 4. The molecule has 0 aliphatic rings. The summed E-state index contributed by atoms with van der Waals surface area (Å²) in [5.74, 6) is -0.0498. The van der Waals surface area contributed by atoms with Crippen LogP contribution in [0, 0.1) is 0 Å². The molecule has 0 N–H and O–H groups in total. The molecule has 0 amide bonds. The summed E-state index contributed by atoms with van der Waals surface area (Å²) in [4.78, 5) is 11.5. The second-order valence-corrected chi connectivity index (χ2v) is 3.93. The zero-order valence-electron chi connectivity index (χ0n) is 10.1. The van der Waals surface area contributed by atoms with Crippen LogP contribution in [0.1, 0.15) is 30.8 Å². The zero-order valence-corrected chi connectivity index (χ0v) is 10.1. The second kappa shape index (κ2) is 4.91. The van der Waals surface area contributed by atoms with Crippen LogP contribution in [0.2, 0.25) is 0 Å². The molecule has 1 aromatic heterocycles. The van der Waals surface area contributed by atoms with Crippen LogP contribution in [-0.2, 0) is 6.54 Å². The van der Waals surface area contributed by atoms with Gasteiger partial charge < -0.3 is 0 Å². The third kappa shape index (κ3) is 2.25. The summed E-state index contributed by atoms with van der Waals surface area (Å²) >= 11 is 0. The Morgan fingerprint density at radius 1 is 1.29 bits per heavy atom. The van der Waals surface area contributed by atoms with Crippen LogP contribution < -0.4 is 0 Å². The van der Waals surface area contributed by atoms with Crippen LogP contribution in [0.4, 0.5) is 0 Å². The molecule has 0 bridgehead atoms. The van der Waals surface area contributed by atoms with Crippen molar-refractivity contribution in [2.75, 3.05) is 0 Å². The third-order valence-electron chi connectivity index (χ3n) is 2.55. The zero-order chi connectivity index (χ0) is 12.3. The Labute approximate surface area is 100 Å². The molecule has 0 aliphatic heterocycles. The highest BCUT2D eigenvalue weighted by atomic mass is 16.1. The van der Waals surface area contributed by atoms with Gasteiger partial charge in [-0.1, -0.05) is 42.5 Å². The van der Waals surface area contributed by atoms with Gasteiger partial charge in [0.2, 0.25) is 0 Å². The Bertz CT molecular complexity index is 517. The lowest BCUT2D eigenvalue weighted by molar-refractivity contribution is 0.101. The number of Topliss-reactive ketones (excluding diaryl/α,β-unsaturated/α-hetero) is 1. The summed E-state index contributed by atoms with van der Waals surface area (Å²) < 4.78 is 1.80. The first-order valence-corrected chi connectivity index (χ1v) is 5.74. The topological polar surface area (TPSA) is 47.8 Å². The molecule has 0 aliphatic carbocycles. The molecule has 0 radical (unpaired) electrons. The number of ketones is 1. The average molecular weight is 229 g/mol. The number of aryl methyl sites for hydroxylation is 1. The molecule has 88 valence electrons. The monoisotopic (exact) mass is 229 g/mol. The fraction of sp³-hybridized carbons (Fsp3) is 0.308. The van der Waals surface area contributed by atoms with E-state index in [2.05, 4.69) is 17.2 Å². The highest BCUT2D eigenvalue weighted by Gasteiger charge is 2.17. The van der Waals surface area contributed by atoms with Gasteiger partial charge >= 0.3 is 0 Å². The molecule has 1 heterocycles. The molecular formula is C13H15N3O. The molecule has 2 rings (SSSR count). The average Bonchev–Trinajstić information content (AvgIpc) is 2.74. The van der Waals surface area contributed by atoms with E-state index in [1.54, 1.807) is 4.68 Å². The summed E-state index contributed by atoms with van der Waals surface area (Å²) in [6.07, 6.45) is 0.959. The molecule has 1 aromatic carbocycles. The van der Waals surface area contributed by atoms with E-state index in [9.17, 15) is 4.79 Å². The third-order valence-corrected chi connectivity index (χ3v) is 2.55. The fourth-order valence-corrected chi connectivity index (χ4v) is 1.80. The van der Waals surface area contributed by atoms with Gasteiger partial charge in [0.15, 0.2) is 11.5 Å². The maximum absolute atomic E-state index is 11.5. The first-order valence-electron chi connectivity index (χ1n) is 5.74. The maximum atomic E-state index is 11.5. The van der Waals surface area contributed by atoms with Crippen molar-refractivity contribution in [3.63, 3.8) is 0 Å². The van der Waals surface area contributed by atoms with Crippen LogP contribution in [0.25, 0.3) is 11.3 Å². The van der Waals surface area contributed by atoms with E-state index >= 15 is 0 Å². The molecule has 0 spiro atoms. The summed E-state index contributed by atoms with van der Waals surface area (Å²) in [7, 11) is 0. The number of nitrogens with zero attached hydrogens (tertiary/aromatic N) is 3. The largest absolute Gasteiger partial charge is 0.293 e. The molecule has 4 nitrogen and oxygen atoms in total. The lowest BCUT2D eigenvalue weighted by Gasteiger charge is -2.05. The molecule has 0 atom stereocenters. The number of aromatic nitrogens is 3. The van der Waals surface area contributed by atoms with Crippen molar-refractivity contribution in [1.82, 2.24) is 15.0 Å². The van der Waals surface area contributed by atoms with E-state index in [0.29, 0.717) is 5.69 Å². The minimum Gasteiger partial charge on any atom is -0.293 e.